The number of nitrogen functional groups attached to an aromatic ring is 2. The minimum Gasteiger partial charge on any atom is -0.460 e. The zero-order chi connectivity index (χ0) is 60.1. The number of nitrogens with two attached hydrogens (primary N) is 2. The molecule has 4 N–H and O–H groups in total. The van der Waals surface area contributed by atoms with Gasteiger partial charge in [0.05, 0.1) is 28.1 Å². The molecular weight excluding hydrogens is 1150 g/mol. The molecule has 24 heteroatoms. The number of likely N-dealkylation sites (tertiary alicyclic amines) is 2. The number of amides is 1. The fourth-order valence-corrected chi connectivity index (χ4v) is 9.74. The zero-order valence-corrected chi connectivity index (χ0v) is 45.9. The summed E-state index contributed by atoms with van der Waals surface area (Å²) in [5, 5.41) is 0.474. The standard InChI is InChI=1S/C30H25F5N4O3.C30H25F5N4OS2/c31-29(32)9-11-39(12-10-29)28(41)19-3-7-25(37-17-19)20-13-21-14-23(42-27(21)24(15-20)30(33,34)35)6-5-22(40)4-1-18-2-8-26(36)38-16-18;31-29(32)9-11-39(12-10-29)28(42)19-3-7-25(37-17-19)20-13-21-14-22(40-27(21)24(15-20)30(33,34)35)4-6-23(41)5-1-18-2-8-26(36)38-16-18/h1-4,7-8,13-17H,5-6,9-12H2,(H2,36,38);1-3,5,7-8,13-17H,4,6,9-12H2,(H2,36,38)/b4-1+;5-1+. The second kappa shape index (κ2) is 24.8. The van der Waals surface area contributed by atoms with E-state index in [0.29, 0.717) is 62.3 Å². The van der Waals surface area contributed by atoms with Crippen LogP contribution in [0.15, 0.2) is 131 Å². The summed E-state index contributed by atoms with van der Waals surface area (Å²) < 4.78 is 149. The van der Waals surface area contributed by atoms with Crippen molar-refractivity contribution in [1.82, 2.24) is 29.7 Å². The fraction of sp³-hybridized carbons (Fsp3) is 0.267. The molecule has 0 aliphatic carbocycles. The van der Waals surface area contributed by atoms with E-state index in [9.17, 15) is 53.5 Å². The zero-order valence-electron chi connectivity index (χ0n) is 44.3. The maximum atomic E-state index is 14.1. The molecule has 8 heterocycles. The highest BCUT2D eigenvalue weighted by atomic mass is 32.1. The topological polar surface area (TPSA) is 170 Å². The number of allylic oxidation sites excluding steroid dienone is 2. The minimum absolute atomic E-state index is 0.0125. The van der Waals surface area contributed by atoms with Crippen LogP contribution >= 0.6 is 24.4 Å². The van der Waals surface area contributed by atoms with E-state index in [-0.39, 0.29) is 102 Å². The molecule has 0 atom stereocenters. The molecule has 436 valence electrons. The van der Waals surface area contributed by atoms with Crippen LogP contribution < -0.4 is 11.5 Å². The van der Waals surface area contributed by atoms with Gasteiger partial charge in [0.15, 0.2) is 5.78 Å². The molecule has 0 unspecified atom stereocenters. The van der Waals surface area contributed by atoms with Crippen molar-refractivity contribution < 1.29 is 62.3 Å². The highest BCUT2D eigenvalue weighted by Crippen LogP contribution is 2.41. The number of carbonyl (C=O) groups excluding carboxylic acids is 2. The van der Waals surface area contributed by atoms with Crippen LogP contribution in [0.3, 0.4) is 0 Å². The van der Waals surface area contributed by atoms with E-state index < -0.39 is 54.1 Å². The van der Waals surface area contributed by atoms with Gasteiger partial charge in [-0.1, -0.05) is 30.5 Å². The number of ketones is 1. The number of hydrogen-bond donors (Lipinski definition) is 2. The summed E-state index contributed by atoms with van der Waals surface area (Å²) in [6.07, 6.45) is 2.26. The lowest BCUT2D eigenvalue weighted by molar-refractivity contribution is -0.137. The molecular formula is C60H50F10N8O4S2. The van der Waals surface area contributed by atoms with Crippen molar-refractivity contribution in [3.63, 3.8) is 0 Å². The van der Waals surface area contributed by atoms with E-state index in [0.717, 1.165) is 17.7 Å². The number of piperidine rings is 2. The molecule has 2 aromatic carbocycles. The van der Waals surface area contributed by atoms with Crippen LogP contribution in [0.2, 0.25) is 0 Å². The Labute approximate surface area is 484 Å². The number of aryl methyl sites for hydroxylation is 2. The largest absolute Gasteiger partial charge is 0.460 e. The van der Waals surface area contributed by atoms with Gasteiger partial charge in [0.2, 0.25) is 0 Å². The molecule has 84 heavy (non-hydrogen) atoms. The molecule has 8 aromatic rings. The number of anilines is 2. The van der Waals surface area contributed by atoms with Crippen LogP contribution in [0.1, 0.15) is 88.2 Å². The van der Waals surface area contributed by atoms with Gasteiger partial charge in [-0.2, -0.15) is 26.3 Å². The van der Waals surface area contributed by atoms with Crippen LogP contribution in [0.5, 0.6) is 0 Å². The Bertz CT molecular complexity index is 3520. The van der Waals surface area contributed by atoms with Crippen LogP contribution in [0.25, 0.3) is 56.6 Å². The Morgan fingerprint density at radius 1 is 0.560 bits per heavy atom. The van der Waals surface area contributed by atoms with E-state index in [1.165, 1.54) is 53.8 Å². The number of carbonyl (C=O) groups is 2. The second-order valence-corrected chi connectivity index (χ2v) is 21.0. The van der Waals surface area contributed by atoms with E-state index in [1.54, 1.807) is 77.9 Å². The first-order chi connectivity index (χ1) is 39.8. The average Bonchev–Trinajstić information content (AvgIpc) is 2.68. The number of aromatic nitrogens is 4. The molecule has 2 fully saturated rings. The summed E-state index contributed by atoms with van der Waals surface area (Å²) in [6, 6.07) is 20.8. The molecule has 0 saturated carbocycles. The summed E-state index contributed by atoms with van der Waals surface area (Å²) in [4.78, 5) is 45.5. The summed E-state index contributed by atoms with van der Waals surface area (Å²) in [5.74, 6) is -4.88. The van der Waals surface area contributed by atoms with Gasteiger partial charge in [-0.15, -0.1) is 0 Å². The maximum Gasteiger partial charge on any atom is 0.420 e. The van der Waals surface area contributed by atoms with Gasteiger partial charge in [0.25, 0.3) is 17.8 Å². The van der Waals surface area contributed by atoms with E-state index in [4.69, 9.17) is 44.7 Å². The Hall–Kier alpha value is -8.38. The van der Waals surface area contributed by atoms with Gasteiger partial charge in [-0.3, -0.25) is 19.6 Å². The quantitative estimate of drug-likeness (QED) is 0.0599. The summed E-state index contributed by atoms with van der Waals surface area (Å²) in [5.41, 5.74) is 11.7. The van der Waals surface area contributed by atoms with Crippen LogP contribution in [-0.4, -0.2) is 89.3 Å². The molecule has 1 amide bonds. The Kier molecular flexibility index (Phi) is 17.8. The molecule has 12 nitrogen and oxygen atoms in total. The van der Waals surface area contributed by atoms with Crippen molar-refractivity contribution in [2.24, 2.45) is 0 Å². The van der Waals surface area contributed by atoms with Gasteiger partial charge in [-0.25, -0.2) is 27.5 Å². The third-order valence-corrected chi connectivity index (χ3v) is 14.7. The monoisotopic (exact) mass is 1200 g/mol. The molecule has 0 bridgehead atoms. The first kappa shape index (κ1) is 60.2. The van der Waals surface area contributed by atoms with Crippen molar-refractivity contribution in [1.29, 1.82) is 0 Å². The molecule has 2 aliphatic heterocycles. The highest BCUT2D eigenvalue weighted by Gasteiger charge is 2.39. The maximum absolute atomic E-state index is 14.1. The summed E-state index contributed by atoms with van der Waals surface area (Å²) >= 11 is 10.9. The number of pyridine rings is 4. The molecule has 0 radical (unpaired) electrons. The SMILES string of the molecule is Nc1ccc(/C=C/C(=O)CCc2cc3cc(-c4ccc(C(=O)N5CCC(F)(F)CC5)cn4)cc(C(F)(F)F)c3o2)cn1.Nc1ccc(/C=C/C(=S)CCc2cc3cc(-c4ccc(C(=S)N5CCC(F)(F)CC5)cn4)cc(C(F)(F)F)c3o2)cn1. The normalized spacial score (nSPS) is 15.4. The summed E-state index contributed by atoms with van der Waals surface area (Å²) in [7, 11) is 0. The van der Waals surface area contributed by atoms with Crippen molar-refractivity contribution in [3.8, 4) is 22.5 Å². The Balaban J connectivity index is 0.000000202. The van der Waals surface area contributed by atoms with Gasteiger partial charge in [-0.05, 0) is 121 Å². The lowest BCUT2D eigenvalue weighted by atomic mass is 10.0. The second-order valence-electron chi connectivity index (χ2n) is 20.1. The number of thiocarbonyl (C=S) groups is 2. The van der Waals surface area contributed by atoms with Crippen molar-refractivity contribution >= 4 is 91.7 Å². The lowest BCUT2D eigenvalue weighted by Crippen LogP contribution is -2.42. The minimum atomic E-state index is -4.73. The van der Waals surface area contributed by atoms with Gasteiger partial charge < -0.3 is 30.1 Å². The average molecular weight is 1200 g/mol. The number of alkyl halides is 10. The van der Waals surface area contributed by atoms with Gasteiger partial charge in [0.1, 0.15) is 39.3 Å². The van der Waals surface area contributed by atoms with E-state index in [1.807, 2.05) is 0 Å². The van der Waals surface area contributed by atoms with Crippen LogP contribution in [0, 0.1) is 0 Å². The lowest BCUT2D eigenvalue weighted by Gasteiger charge is -2.33. The number of fused-ring (bicyclic) bond motifs is 2. The molecule has 2 aliphatic rings. The van der Waals surface area contributed by atoms with Gasteiger partial charge in [0, 0.05) is 128 Å². The Morgan fingerprint density at radius 2 is 1.01 bits per heavy atom. The number of hydrogen-bond acceptors (Lipinski definition) is 12. The number of benzene rings is 2. The Morgan fingerprint density at radius 3 is 1.45 bits per heavy atom. The number of halogens is 10. The van der Waals surface area contributed by atoms with E-state index in [2.05, 4.69) is 19.9 Å². The summed E-state index contributed by atoms with van der Waals surface area (Å²) in [6.45, 7) is 0.0695. The molecule has 2 saturated heterocycles. The van der Waals surface area contributed by atoms with Crippen molar-refractivity contribution in [3.05, 3.63) is 167 Å². The number of furan rings is 2. The highest BCUT2D eigenvalue weighted by molar-refractivity contribution is 7.81. The van der Waals surface area contributed by atoms with E-state index >= 15 is 0 Å². The molecule has 0 spiro atoms. The number of rotatable bonds is 14. The predicted octanol–water partition coefficient (Wildman–Crippen LogP) is 14.5. The van der Waals surface area contributed by atoms with Crippen LogP contribution in [0.4, 0.5) is 55.5 Å². The molecule has 6 aromatic heterocycles. The number of nitrogens with zero attached hydrogens (tertiary/aromatic N) is 6. The smallest absolute Gasteiger partial charge is 0.420 e. The third-order valence-electron chi connectivity index (χ3n) is 13.9. The van der Waals surface area contributed by atoms with Crippen molar-refractivity contribution in [2.45, 2.75) is 75.6 Å². The van der Waals surface area contributed by atoms with Crippen molar-refractivity contribution in [2.75, 3.05) is 37.6 Å². The first-order valence-corrected chi connectivity index (χ1v) is 27.0. The first-order valence-electron chi connectivity index (χ1n) is 26.2. The van der Waals surface area contributed by atoms with Gasteiger partial charge >= 0.3 is 12.4 Å². The third kappa shape index (κ3) is 15.2. The predicted molar refractivity (Wildman–Crippen MR) is 306 cm³/mol. The fourth-order valence-electron chi connectivity index (χ4n) is 9.27. The van der Waals surface area contributed by atoms with Crippen LogP contribution in [-0.2, 0) is 30.0 Å². The molecule has 10 rings (SSSR count).